The standard InChI is InChI=1S/C27H28N2O5S2/c30-25(28-32)18-27(14-15-29(16-17-36(27,33)34)26(31)22-10-11-22)24-13-12-23(35-24)21-8-6-20(7-9-21)19-4-2-1-3-5-19/h1-9,12-13,22,32H,10-11,14-18H2,(H,28,30). The number of hydrogen-bond acceptors (Lipinski definition) is 6. The third kappa shape index (κ3) is 4.70. The van der Waals surface area contributed by atoms with Gasteiger partial charge in [-0.25, -0.2) is 13.9 Å². The summed E-state index contributed by atoms with van der Waals surface area (Å²) in [6.45, 7) is 0.381. The molecule has 2 aromatic carbocycles. The van der Waals surface area contributed by atoms with Gasteiger partial charge in [0.1, 0.15) is 4.75 Å². The fourth-order valence-electron chi connectivity index (χ4n) is 4.87. The Morgan fingerprint density at radius 2 is 1.61 bits per heavy atom. The molecule has 7 nitrogen and oxygen atoms in total. The van der Waals surface area contributed by atoms with Gasteiger partial charge in [0, 0.05) is 28.8 Å². The van der Waals surface area contributed by atoms with E-state index in [1.807, 2.05) is 60.7 Å². The van der Waals surface area contributed by atoms with Gasteiger partial charge in [-0.2, -0.15) is 0 Å². The van der Waals surface area contributed by atoms with Crippen molar-refractivity contribution in [1.29, 1.82) is 0 Å². The molecule has 2 fully saturated rings. The maximum atomic E-state index is 13.7. The summed E-state index contributed by atoms with van der Waals surface area (Å²) in [4.78, 5) is 28.1. The first-order chi connectivity index (χ1) is 17.3. The summed E-state index contributed by atoms with van der Waals surface area (Å²) in [5, 5.41) is 9.24. The molecule has 1 unspecified atom stereocenters. The van der Waals surface area contributed by atoms with Crippen molar-refractivity contribution in [3.8, 4) is 21.6 Å². The summed E-state index contributed by atoms with van der Waals surface area (Å²) in [5.41, 5.74) is 4.75. The Hall–Kier alpha value is -3.01. The molecule has 3 aromatic rings. The molecular weight excluding hydrogens is 496 g/mol. The minimum Gasteiger partial charge on any atom is -0.341 e. The molecule has 0 spiro atoms. The molecule has 1 saturated heterocycles. The van der Waals surface area contributed by atoms with Gasteiger partial charge in [0.15, 0.2) is 9.84 Å². The van der Waals surface area contributed by atoms with Crippen molar-refractivity contribution < 1.29 is 23.2 Å². The maximum Gasteiger partial charge on any atom is 0.245 e. The molecule has 9 heteroatoms. The number of nitrogens with zero attached hydrogens (tertiary/aromatic N) is 1. The number of nitrogens with one attached hydrogen (secondary N) is 1. The molecule has 0 bridgehead atoms. The van der Waals surface area contributed by atoms with E-state index in [0.29, 0.717) is 4.88 Å². The first-order valence-corrected chi connectivity index (χ1v) is 14.5. The first kappa shape index (κ1) is 24.7. The molecule has 2 aliphatic rings. The fourth-order valence-corrected chi connectivity index (χ4v) is 8.48. The molecule has 1 aromatic heterocycles. The van der Waals surface area contributed by atoms with Gasteiger partial charge >= 0.3 is 0 Å². The predicted octanol–water partition coefficient (Wildman–Crippen LogP) is 4.23. The number of benzene rings is 2. The summed E-state index contributed by atoms with van der Waals surface area (Å²) in [5.74, 6) is -0.989. The highest BCUT2D eigenvalue weighted by atomic mass is 32.2. The second-order valence-corrected chi connectivity index (χ2v) is 13.0. The van der Waals surface area contributed by atoms with Crippen molar-refractivity contribution in [2.24, 2.45) is 5.92 Å². The van der Waals surface area contributed by atoms with Gasteiger partial charge in [-0.05, 0) is 48.1 Å². The highest BCUT2D eigenvalue weighted by molar-refractivity contribution is 7.92. The number of hydroxylamine groups is 1. The van der Waals surface area contributed by atoms with Crippen LogP contribution in [0.5, 0.6) is 0 Å². The van der Waals surface area contributed by atoms with Crippen LogP contribution in [0.1, 0.15) is 30.6 Å². The zero-order chi connectivity index (χ0) is 25.3. The topological polar surface area (TPSA) is 104 Å². The number of rotatable bonds is 6. The van der Waals surface area contributed by atoms with Crippen LogP contribution in [0.15, 0.2) is 66.7 Å². The minimum atomic E-state index is -3.82. The van der Waals surface area contributed by atoms with E-state index in [0.717, 1.165) is 34.4 Å². The fraction of sp³-hybridized carbons (Fsp3) is 0.333. The lowest BCUT2D eigenvalue weighted by Gasteiger charge is -2.30. The van der Waals surface area contributed by atoms with Gasteiger partial charge < -0.3 is 4.90 Å². The summed E-state index contributed by atoms with van der Waals surface area (Å²) in [7, 11) is -3.82. The molecule has 1 aliphatic heterocycles. The van der Waals surface area contributed by atoms with Gasteiger partial charge in [-0.1, -0.05) is 54.6 Å². The molecule has 188 valence electrons. The number of amides is 2. The number of carbonyl (C=O) groups excluding carboxylic acids is 2. The van der Waals surface area contributed by atoms with Crippen molar-refractivity contribution in [1.82, 2.24) is 10.4 Å². The minimum absolute atomic E-state index is 0.00187. The summed E-state index contributed by atoms with van der Waals surface area (Å²) >= 11 is 1.34. The smallest absolute Gasteiger partial charge is 0.245 e. The van der Waals surface area contributed by atoms with E-state index in [4.69, 9.17) is 0 Å². The van der Waals surface area contributed by atoms with Crippen LogP contribution in [0.4, 0.5) is 0 Å². The highest BCUT2D eigenvalue weighted by Crippen LogP contribution is 2.45. The third-order valence-electron chi connectivity index (χ3n) is 7.15. The Kier molecular flexibility index (Phi) is 6.72. The predicted molar refractivity (Wildman–Crippen MR) is 139 cm³/mol. The second kappa shape index (κ2) is 9.80. The molecule has 1 aliphatic carbocycles. The molecule has 5 rings (SSSR count). The van der Waals surface area contributed by atoms with E-state index < -0.39 is 26.9 Å². The van der Waals surface area contributed by atoms with Gasteiger partial charge in [0.2, 0.25) is 11.8 Å². The van der Waals surface area contributed by atoms with Gasteiger partial charge in [0.05, 0.1) is 12.2 Å². The molecule has 2 amide bonds. The highest BCUT2D eigenvalue weighted by Gasteiger charge is 2.50. The van der Waals surface area contributed by atoms with Crippen LogP contribution in [0.25, 0.3) is 21.6 Å². The third-order valence-corrected chi connectivity index (χ3v) is 11.1. The van der Waals surface area contributed by atoms with Crippen molar-refractivity contribution in [3.63, 3.8) is 0 Å². The van der Waals surface area contributed by atoms with Crippen LogP contribution in [0.3, 0.4) is 0 Å². The van der Waals surface area contributed by atoms with E-state index in [2.05, 4.69) is 0 Å². The molecule has 0 radical (unpaired) electrons. The Balaban J connectivity index is 1.48. The lowest BCUT2D eigenvalue weighted by atomic mass is 9.97. The quantitative estimate of drug-likeness (QED) is 0.371. The summed E-state index contributed by atoms with van der Waals surface area (Å²) < 4.78 is 25.9. The van der Waals surface area contributed by atoms with Crippen LogP contribution in [0, 0.1) is 5.92 Å². The Morgan fingerprint density at radius 1 is 0.944 bits per heavy atom. The lowest BCUT2D eigenvalue weighted by molar-refractivity contribution is -0.132. The van der Waals surface area contributed by atoms with E-state index in [1.54, 1.807) is 16.4 Å². The summed E-state index contributed by atoms with van der Waals surface area (Å²) in [6, 6.07) is 21.8. The van der Waals surface area contributed by atoms with Crippen LogP contribution in [-0.4, -0.2) is 49.2 Å². The monoisotopic (exact) mass is 524 g/mol. The average molecular weight is 525 g/mol. The number of hydrogen-bond donors (Lipinski definition) is 2. The SMILES string of the molecule is O=C(CC1(c2ccc(-c3ccc(-c4ccccc4)cc3)s2)CCN(C(=O)C2CC2)CCS1(=O)=O)NO. The maximum absolute atomic E-state index is 13.7. The van der Waals surface area contributed by atoms with Crippen LogP contribution >= 0.6 is 11.3 Å². The van der Waals surface area contributed by atoms with Crippen molar-refractivity contribution >= 4 is 33.0 Å². The zero-order valence-electron chi connectivity index (χ0n) is 19.7. The average Bonchev–Trinajstić information content (AvgIpc) is 3.65. The van der Waals surface area contributed by atoms with Crippen molar-refractivity contribution in [3.05, 3.63) is 71.6 Å². The van der Waals surface area contributed by atoms with Gasteiger partial charge in [-0.3, -0.25) is 14.8 Å². The van der Waals surface area contributed by atoms with E-state index >= 15 is 0 Å². The number of carbonyl (C=O) groups is 2. The van der Waals surface area contributed by atoms with Gasteiger partial charge in [0.25, 0.3) is 0 Å². The van der Waals surface area contributed by atoms with E-state index in [9.17, 15) is 23.2 Å². The largest absolute Gasteiger partial charge is 0.341 e. The van der Waals surface area contributed by atoms with Crippen LogP contribution in [-0.2, 0) is 24.2 Å². The summed E-state index contributed by atoms with van der Waals surface area (Å²) in [6.07, 6.45) is 1.40. The van der Waals surface area contributed by atoms with E-state index in [-0.39, 0.29) is 37.1 Å². The van der Waals surface area contributed by atoms with Crippen molar-refractivity contribution in [2.75, 3.05) is 18.8 Å². The molecule has 1 saturated carbocycles. The van der Waals surface area contributed by atoms with Crippen molar-refractivity contribution in [2.45, 2.75) is 30.4 Å². The molecule has 2 N–H and O–H groups in total. The van der Waals surface area contributed by atoms with Crippen LogP contribution < -0.4 is 5.48 Å². The molecule has 2 heterocycles. The first-order valence-electron chi connectivity index (χ1n) is 12.0. The van der Waals surface area contributed by atoms with Crippen LogP contribution in [0.2, 0.25) is 0 Å². The lowest BCUT2D eigenvalue weighted by Crippen LogP contribution is -2.41. The molecule has 36 heavy (non-hydrogen) atoms. The Labute approximate surface area is 214 Å². The molecule has 1 atom stereocenters. The Bertz CT molecular complexity index is 1360. The number of thiophene rings is 1. The Morgan fingerprint density at radius 3 is 2.28 bits per heavy atom. The molecular formula is C27H28N2O5S2. The van der Waals surface area contributed by atoms with E-state index in [1.165, 1.54) is 11.3 Å². The normalized spacial score (nSPS) is 21.5. The van der Waals surface area contributed by atoms with Gasteiger partial charge in [-0.15, -0.1) is 11.3 Å². The second-order valence-electron chi connectivity index (χ2n) is 9.48. The number of sulfone groups is 1. The zero-order valence-corrected chi connectivity index (χ0v) is 21.4.